The Morgan fingerprint density at radius 3 is 1.55 bits per heavy atom. The van der Waals surface area contributed by atoms with Gasteiger partial charge in [-0.25, -0.2) is 9.97 Å². The molecule has 3 aliphatic rings. The van der Waals surface area contributed by atoms with Crippen LogP contribution in [0.25, 0.3) is 56.0 Å². The van der Waals surface area contributed by atoms with Crippen molar-refractivity contribution >= 4 is 45.0 Å². The molecule has 286 valence electrons. The van der Waals surface area contributed by atoms with Crippen LogP contribution in [0.2, 0.25) is 0 Å². The molecule has 0 saturated carbocycles. The van der Waals surface area contributed by atoms with Gasteiger partial charge in [0.05, 0.1) is 29.4 Å². The number of aliphatic hydroxyl groups is 2. The van der Waals surface area contributed by atoms with Gasteiger partial charge >= 0.3 is 0 Å². The van der Waals surface area contributed by atoms with Crippen LogP contribution in [0.1, 0.15) is 143 Å². The van der Waals surface area contributed by atoms with E-state index in [9.17, 15) is 10.2 Å². The summed E-state index contributed by atoms with van der Waals surface area (Å²) in [6.45, 7) is 3.01. The summed E-state index contributed by atoms with van der Waals surface area (Å²) in [7, 11) is 0. The Labute approximate surface area is 330 Å². The summed E-state index contributed by atoms with van der Waals surface area (Å²) in [6, 6.07) is 26.7. The van der Waals surface area contributed by atoms with Crippen LogP contribution >= 0.6 is 11.3 Å². The summed E-state index contributed by atoms with van der Waals surface area (Å²) in [5.74, 6) is 0.876. The van der Waals surface area contributed by atoms with E-state index in [4.69, 9.17) is 14.7 Å². The Morgan fingerprint density at radius 1 is 0.564 bits per heavy atom. The van der Waals surface area contributed by atoms with Crippen LogP contribution in [0.4, 0.5) is 0 Å². The number of unbranched alkanes of at least 4 members (excludes halogenated alkanes) is 13. The van der Waals surface area contributed by atoms with Gasteiger partial charge in [0.2, 0.25) is 0 Å². The van der Waals surface area contributed by atoms with E-state index >= 15 is 0 Å². The second-order valence-electron chi connectivity index (χ2n) is 15.0. The van der Waals surface area contributed by atoms with Crippen molar-refractivity contribution in [1.82, 2.24) is 15.0 Å². The Morgan fingerprint density at radius 2 is 1.04 bits per heavy atom. The third kappa shape index (κ3) is 10.0. The maximum Gasteiger partial charge on any atom is 0.125 e. The fourth-order valence-electron chi connectivity index (χ4n) is 7.66. The molecule has 3 aliphatic heterocycles. The van der Waals surface area contributed by atoms with Gasteiger partial charge in [-0.1, -0.05) is 133 Å². The maximum absolute atomic E-state index is 10.9. The number of nitrogens with one attached hydrogen (secondary N) is 1. The maximum atomic E-state index is 10.9. The summed E-state index contributed by atoms with van der Waals surface area (Å²) < 4.78 is 8.39. The van der Waals surface area contributed by atoms with Crippen LogP contribution in [0.15, 0.2) is 78.9 Å². The molecule has 0 fully saturated rings. The first-order valence-corrected chi connectivity index (χ1v) is 21.4. The molecule has 0 saturated heterocycles. The Balaban J connectivity index is 1.08. The molecule has 7 heteroatoms. The average molecular weight is 754 g/mol. The predicted octanol–water partition coefficient (Wildman–Crippen LogP) is 13.1. The molecule has 0 spiro atoms. The summed E-state index contributed by atoms with van der Waals surface area (Å²) in [4.78, 5) is 13.2. The van der Waals surface area contributed by atoms with Crippen molar-refractivity contribution in [3.8, 4) is 28.0 Å². The summed E-state index contributed by atoms with van der Waals surface area (Å²) in [5, 5.41) is 21.9. The molecule has 8 bridgehead atoms. The zero-order valence-corrected chi connectivity index (χ0v) is 33.0. The Bertz CT molecular complexity index is 2130. The van der Waals surface area contributed by atoms with Gasteiger partial charge in [0.1, 0.15) is 18.0 Å². The molecule has 4 aromatic rings. The lowest BCUT2D eigenvalue weighted by atomic mass is 10.0. The molecule has 2 aromatic heterocycles. The van der Waals surface area contributed by atoms with Crippen molar-refractivity contribution in [1.29, 1.82) is 0 Å². The topological polar surface area (TPSA) is 91.3 Å². The minimum absolute atomic E-state index is 0.499. The Kier molecular flexibility index (Phi) is 13.6. The Hall–Kier alpha value is -4.56. The molecule has 2 atom stereocenters. The molecule has 2 aromatic carbocycles. The van der Waals surface area contributed by atoms with E-state index in [1.807, 2.05) is 42.5 Å². The van der Waals surface area contributed by atoms with Crippen molar-refractivity contribution in [3.05, 3.63) is 113 Å². The molecule has 0 amide bonds. The van der Waals surface area contributed by atoms with E-state index < -0.39 is 12.2 Å². The molecular weight excluding hydrogens is 699 g/mol. The van der Waals surface area contributed by atoms with Crippen molar-refractivity contribution in [2.24, 2.45) is 0 Å². The lowest BCUT2D eigenvalue weighted by molar-refractivity contribution is 0.0253. The number of ether oxygens (including phenoxy) is 1. The van der Waals surface area contributed by atoms with Crippen LogP contribution in [-0.4, -0.2) is 31.8 Å². The summed E-state index contributed by atoms with van der Waals surface area (Å²) >= 11 is 1.72. The molecule has 5 heterocycles. The van der Waals surface area contributed by atoms with Gasteiger partial charge < -0.3 is 19.9 Å². The number of rotatable bonds is 18. The molecule has 0 aliphatic carbocycles. The van der Waals surface area contributed by atoms with Gasteiger partial charge in [-0.15, -0.1) is 11.3 Å². The number of nitrogens with zero attached hydrogens (tertiary/aromatic N) is 2. The highest BCUT2D eigenvalue weighted by atomic mass is 32.1. The van der Waals surface area contributed by atoms with Crippen molar-refractivity contribution in [3.63, 3.8) is 0 Å². The van der Waals surface area contributed by atoms with Gasteiger partial charge in [-0.05, 0) is 78.3 Å². The number of benzene rings is 2. The molecule has 2 unspecified atom stereocenters. The molecule has 55 heavy (non-hydrogen) atoms. The zero-order chi connectivity index (χ0) is 37.8. The molecule has 0 radical (unpaired) electrons. The molecule has 6 nitrogen and oxygen atoms in total. The highest BCUT2D eigenvalue weighted by Gasteiger charge is 2.27. The highest BCUT2D eigenvalue weighted by Crippen LogP contribution is 2.40. The largest absolute Gasteiger partial charge is 0.494 e. The van der Waals surface area contributed by atoms with Gasteiger partial charge in [-0.3, -0.25) is 0 Å². The second kappa shape index (κ2) is 19.3. The average Bonchev–Trinajstić information content (AvgIpc) is 4.02. The van der Waals surface area contributed by atoms with Gasteiger partial charge in [-0.2, -0.15) is 0 Å². The van der Waals surface area contributed by atoms with Crippen LogP contribution < -0.4 is 4.74 Å². The minimum atomic E-state index is -1.09. The lowest BCUT2D eigenvalue weighted by Gasteiger charge is -2.09. The molecular formula is C48H55N3O3S. The predicted molar refractivity (Wildman–Crippen MR) is 230 cm³/mol. The number of hydrogen-bond donors (Lipinski definition) is 3. The lowest BCUT2D eigenvalue weighted by Crippen LogP contribution is -2.03. The standard InChI is InChI=1S/C48H55N3O3S/c1-2-3-4-5-6-7-8-9-10-11-12-13-14-18-31-54-38-25-21-35(22-26-38)46-40-28-24-37(50-40)33-42-48(53)47(52)41(51-42)32-36-23-27-39(49-36)45(34-19-16-15-17-20-34)43-29-30-44(46)55-43/h15-17,19-30,32-33,47-48,51-53H,2-14,18,31H2,1H3. The number of H-pyrrole nitrogens is 1. The van der Waals surface area contributed by atoms with Crippen LogP contribution in [0.5, 0.6) is 5.75 Å². The van der Waals surface area contributed by atoms with E-state index in [1.54, 1.807) is 23.5 Å². The van der Waals surface area contributed by atoms with Gasteiger partial charge in [0.15, 0.2) is 0 Å². The van der Waals surface area contributed by atoms with E-state index in [0.29, 0.717) is 22.8 Å². The van der Waals surface area contributed by atoms with Crippen LogP contribution in [-0.2, 0) is 0 Å². The first-order valence-electron chi connectivity index (χ1n) is 20.5. The third-order valence-electron chi connectivity index (χ3n) is 10.7. The number of thiophene rings is 1. The fourth-order valence-corrected chi connectivity index (χ4v) is 8.82. The first kappa shape index (κ1) is 38.7. The van der Waals surface area contributed by atoms with E-state index in [-0.39, 0.29) is 0 Å². The third-order valence-corrected chi connectivity index (χ3v) is 11.9. The smallest absolute Gasteiger partial charge is 0.125 e. The monoisotopic (exact) mass is 753 g/mol. The minimum Gasteiger partial charge on any atom is -0.494 e. The van der Waals surface area contributed by atoms with Crippen molar-refractivity contribution in [2.75, 3.05) is 6.61 Å². The normalized spacial score (nSPS) is 15.4. The molecule has 7 rings (SSSR count). The first-order chi connectivity index (χ1) is 27.1. The second-order valence-corrected chi connectivity index (χ2v) is 16.1. The highest BCUT2D eigenvalue weighted by molar-refractivity contribution is 7.24. The van der Waals surface area contributed by atoms with E-state index in [0.717, 1.165) is 61.8 Å². The molecule has 3 N–H and O–H groups in total. The van der Waals surface area contributed by atoms with E-state index in [1.165, 1.54) is 83.5 Å². The number of aromatic amines is 1. The summed E-state index contributed by atoms with van der Waals surface area (Å²) in [5.41, 5.74) is 8.27. The van der Waals surface area contributed by atoms with E-state index in [2.05, 4.69) is 60.4 Å². The number of fused-ring (bicyclic) bond motifs is 8. The van der Waals surface area contributed by atoms with Crippen molar-refractivity contribution in [2.45, 2.75) is 109 Å². The summed E-state index contributed by atoms with van der Waals surface area (Å²) in [6.07, 6.45) is 24.6. The quantitative estimate of drug-likeness (QED) is 0.0760. The SMILES string of the molecule is CCCCCCCCCCCCCCCCOc1ccc(-c2c3nc(cc4[nH]c(cc5nc(c(-c6ccccc6)c6ccc2s6)C=C5)C(O)C4O)C=C3)cc1. The van der Waals surface area contributed by atoms with Gasteiger partial charge in [0, 0.05) is 31.9 Å². The van der Waals surface area contributed by atoms with Gasteiger partial charge in [0.25, 0.3) is 0 Å². The zero-order valence-electron chi connectivity index (χ0n) is 32.2. The number of aliphatic hydroxyl groups excluding tert-OH is 2. The number of hydrogen-bond acceptors (Lipinski definition) is 6. The fraction of sp³-hybridized carbons (Fsp3) is 0.375. The number of aromatic nitrogens is 3. The van der Waals surface area contributed by atoms with Crippen LogP contribution in [0.3, 0.4) is 0 Å². The van der Waals surface area contributed by atoms with Crippen molar-refractivity contribution < 1.29 is 14.9 Å². The van der Waals surface area contributed by atoms with Crippen LogP contribution in [0, 0.1) is 0 Å².